The monoisotopic (exact) mass is 278 g/mol. The van der Waals surface area contributed by atoms with Crippen molar-refractivity contribution in [2.75, 3.05) is 0 Å². The second kappa shape index (κ2) is 5.56. The van der Waals surface area contributed by atoms with Crippen LogP contribution in [0.25, 0.3) is 0 Å². The number of amides is 1. The van der Waals surface area contributed by atoms with E-state index in [4.69, 9.17) is 5.73 Å². The van der Waals surface area contributed by atoms with Gasteiger partial charge in [-0.05, 0) is 40.5 Å². The van der Waals surface area contributed by atoms with Gasteiger partial charge in [-0.25, -0.2) is 4.98 Å². The number of rotatable bonds is 2. The first-order chi connectivity index (χ1) is 9.36. The largest absolute Gasteiger partial charge is 0.333 e. The molecule has 1 aromatic heterocycles. The molecule has 1 saturated heterocycles. The third-order valence-electron chi connectivity index (χ3n) is 3.99. The lowest BCUT2D eigenvalue weighted by molar-refractivity contribution is -0.139. The van der Waals surface area contributed by atoms with Gasteiger partial charge in [0.1, 0.15) is 0 Å². The van der Waals surface area contributed by atoms with Gasteiger partial charge in [0, 0.05) is 24.5 Å². The van der Waals surface area contributed by atoms with E-state index < -0.39 is 0 Å². The van der Waals surface area contributed by atoms with Crippen LogP contribution in [0.2, 0.25) is 0 Å². The van der Waals surface area contributed by atoms with Gasteiger partial charge < -0.3 is 15.2 Å². The fraction of sp³-hybridized carbons (Fsp3) is 0.733. The fourth-order valence-electron chi connectivity index (χ4n) is 3.10. The van der Waals surface area contributed by atoms with Crippen LogP contribution >= 0.6 is 0 Å². The van der Waals surface area contributed by atoms with E-state index in [1.165, 1.54) is 0 Å². The van der Waals surface area contributed by atoms with E-state index in [0.29, 0.717) is 6.42 Å². The highest BCUT2D eigenvalue weighted by atomic mass is 16.2. The van der Waals surface area contributed by atoms with Crippen LogP contribution in [0.3, 0.4) is 0 Å². The summed E-state index contributed by atoms with van der Waals surface area (Å²) < 4.78 is 2.09. The number of nitrogens with zero attached hydrogens (tertiary/aromatic N) is 3. The summed E-state index contributed by atoms with van der Waals surface area (Å²) in [5, 5.41) is 0. The lowest BCUT2D eigenvalue weighted by atomic mass is 9.96. The molecule has 0 aromatic carbocycles. The zero-order valence-corrected chi connectivity index (χ0v) is 13.0. The Labute approximate surface area is 121 Å². The molecule has 2 N–H and O–H groups in total. The van der Waals surface area contributed by atoms with Crippen LogP contribution in [0.5, 0.6) is 0 Å². The standard InChI is InChI=1S/C15H26N4O/c1-5-18-10-17-9-12(18)14-11(16)7-6-8-13(20)19(14)15(2,3)4/h9-11,14H,5-8,16H2,1-4H3. The number of likely N-dealkylation sites (tertiary alicyclic amines) is 1. The molecule has 1 aliphatic rings. The molecule has 5 heteroatoms. The van der Waals surface area contributed by atoms with E-state index in [-0.39, 0.29) is 23.5 Å². The van der Waals surface area contributed by atoms with Crippen molar-refractivity contribution >= 4 is 5.91 Å². The van der Waals surface area contributed by atoms with Gasteiger partial charge in [0.05, 0.1) is 24.3 Å². The first-order valence-electron chi connectivity index (χ1n) is 7.44. The summed E-state index contributed by atoms with van der Waals surface area (Å²) in [6, 6.07) is -0.130. The maximum absolute atomic E-state index is 12.6. The molecule has 1 aromatic rings. The van der Waals surface area contributed by atoms with Crippen LogP contribution in [0, 0.1) is 0 Å². The quantitative estimate of drug-likeness (QED) is 0.901. The van der Waals surface area contributed by atoms with E-state index in [1.807, 2.05) is 17.4 Å². The minimum absolute atomic E-state index is 0.0392. The lowest BCUT2D eigenvalue weighted by Crippen LogP contribution is -2.52. The van der Waals surface area contributed by atoms with E-state index in [1.54, 1.807) is 0 Å². The van der Waals surface area contributed by atoms with Gasteiger partial charge in [-0.3, -0.25) is 4.79 Å². The number of hydrogen-bond acceptors (Lipinski definition) is 3. The summed E-state index contributed by atoms with van der Waals surface area (Å²) in [5.41, 5.74) is 7.21. The van der Waals surface area contributed by atoms with Gasteiger partial charge in [-0.2, -0.15) is 0 Å². The van der Waals surface area contributed by atoms with Crippen molar-refractivity contribution in [2.24, 2.45) is 5.73 Å². The maximum Gasteiger partial charge on any atom is 0.223 e. The van der Waals surface area contributed by atoms with Crippen LogP contribution in [0.4, 0.5) is 0 Å². The Morgan fingerprint density at radius 1 is 1.45 bits per heavy atom. The van der Waals surface area contributed by atoms with Gasteiger partial charge in [0.2, 0.25) is 5.91 Å². The first-order valence-corrected chi connectivity index (χ1v) is 7.44. The van der Waals surface area contributed by atoms with Gasteiger partial charge in [-0.15, -0.1) is 0 Å². The normalized spacial score (nSPS) is 24.9. The number of imidazole rings is 1. The summed E-state index contributed by atoms with van der Waals surface area (Å²) in [6.45, 7) is 9.13. The minimum Gasteiger partial charge on any atom is -0.333 e. The number of aryl methyl sites for hydroxylation is 1. The van der Waals surface area contributed by atoms with E-state index in [0.717, 1.165) is 25.1 Å². The van der Waals surface area contributed by atoms with E-state index in [2.05, 4.69) is 37.2 Å². The molecule has 1 amide bonds. The second-order valence-electron chi connectivity index (χ2n) is 6.54. The molecule has 1 aliphatic heterocycles. The van der Waals surface area contributed by atoms with Crippen molar-refractivity contribution in [2.45, 2.75) is 71.1 Å². The molecule has 0 spiro atoms. The van der Waals surface area contributed by atoms with Crippen LogP contribution in [0.15, 0.2) is 12.5 Å². The highest BCUT2D eigenvalue weighted by Gasteiger charge is 2.40. The average Bonchev–Trinajstić information content (AvgIpc) is 2.75. The third kappa shape index (κ3) is 2.73. The summed E-state index contributed by atoms with van der Waals surface area (Å²) in [4.78, 5) is 18.8. The molecule has 2 heterocycles. The molecule has 1 fully saturated rings. The second-order valence-corrected chi connectivity index (χ2v) is 6.54. The van der Waals surface area contributed by atoms with Gasteiger partial charge in [-0.1, -0.05) is 0 Å². The molecule has 0 saturated carbocycles. The number of nitrogens with two attached hydrogens (primary N) is 1. The van der Waals surface area contributed by atoms with Crippen LogP contribution in [-0.4, -0.2) is 31.9 Å². The van der Waals surface area contributed by atoms with Crippen LogP contribution in [0.1, 0.15) is 58.7 Å². The fourth-order valence-corrected chi connectivity index (χ4v) is 3.10. The Bertz CT molecular complexity index is 474. The van der Waals surface area contributed by atoms with Crippen molar-refractivity contribution in [3.8, 4) is 0 Å². The van der Waals surface area contributed by atoms with Gasteiger partial charge in [0.25, 0.3) is 0 Å². The summed E-state index contributed by atoms with van der Waals surface area (Å²) in [5.74, 6) is 0.194. The van der Waals surface area contributed by atoms with Crippen LogP contribution < -0.4 is 5.73 Å². The average molecular weight is 278 g/mol. The molecule has 2 rings (SSSR count). The molecule has 0 bridgehead atoms. The van der Waals surface area contributed by atoms with Crippen LogP contribution in [-0.2, 0) is 11.3 Å². The molecular formula is C15H26N4O. The Morgan fingerprint density at radius 2 is 2.15 bits per heavy atom. The highest BCUT2D eigenvalue weighted by Crippen LogP contribution is 2.35. The summed E-state index contributed by atoms with van der Waals surface area (Å²) in [7, 11) is 0. The molecule has 0 radical (unpaired) electrons. The predicted molar refractivity (Wildman–Crippen MR) is 79.1 cm³/mol. The van der Waals surface area contributed by atoms with Crippen molar-refractivity contribution in [3.63, 3.8) is 0 Å². The zero-order chi connectivity index (χ0) is 14.9. The number of hydrogen-bond donors (Lipinski definition) is 1. The predicted octanol–water partition coefficient (Wildman–Crippen LogP) is 2.08. The van der Waals surface area contributed by atoms with Gasteiger partial charge in [0.15, 0.2) is 0 Å². The van der Waals surface area contributed by atoms with Crippen molar-refractivity contribution in [1.82, 2.24) is 14.5 Å². The Morgan fingerprint density at radius 3 is 2.75 bits per heavy atom. The molecule has 2 atom stereocenters. The molecular weight excluding hydrogens is 252 g/mol. The van der Waals surface area contributed by atoms with E-state index in [9.17, 15) is 4.79 Å². The SMILES string of the molecule is CCn1cncc1C1C(N)CCCC(=O)N1C(C)(C)C. The molecule has 20 heavy (non-hydrogen) atoms. The number of carbonyl (C=O) groups is 1. The topological polar surface area (TPSA) is 64.2 Å². The summed E-state index contributed by atoms with van der Waals surface area (Å²) in [6.07, 6.45) is 5.99. The summed E-state index contributed by atoms with van der Waals surface area (Å²) >= 11 is 0. The van der Waals surface area contributed by atoms with Crippen molar-refractivity contribution < 1.29 is 4.79 Å². The Hall–Kier alpha value is -1.36. The molecule has 5 nitrogen and oxygen atoms in total. The number of aromatic nitrogens is 2. The smallest absolute Gasteiger partial charge is 0.223 e. The zero-order valence-electron chi connectivity index (χ0n) is 13.0. The molecule has 112 valence electrons. The Balaban J connectivity index is 2.50. The minimum atomic E-state index is -0.244. The van der Waals surface area contributed by atoms with E-state index >= 15 is 0 Å². The van der Waals surface area contributed by atoms with Gasteiger partial charge >= 0.3 is 0 Å². The first kappa shape index (κ1) is 15.0. The molecule has 0 aliphatic carbocycles. The number of carbonyl (C=O) groups excluding carboxylic acids is 1. The maximum atomic E-state index is 12.6. The molecule has 2 unspecified atom stereocenters. The van der Waals surface area contributed by atoms with Crippen molar-refractivity contribution in [3.05, 3.63) is 18.2 Å². The Kier molecular flexibility index (Phi) is 4.18. The highest BCUT2D eigenvalue weighted by molar-refractivity contribution is 5.78. The third-order valence-corrected chi connectivity index (χ3v) is 3.99. The lowest BCUT2D eigenvalue weighted by Gasteiger charge is -2.43. The van der Waals surface area contributed by atoms with Crippen molar-refractivity contribution in [1.29, 1.82) is 0 Å².